The molecule has 3 amide bonds. The van der Waals surface area contributed by atoms with E-state index in [4.69, 9.17) is 5.26 Å². The monoisotopic (exact) mass is 519 g/mol. The van der Waals surface area contributed by atoms with Crippen LogP contribution in [-0.2, 0) is 11.0 Å². The van der Waals surface area contributed by atoms with Gasteiger partial charge < -0.3 is 20.3 Å². The molecular formula is C21H16F7N5O3. The third-order valence-corrected chi connectivity index (χ3v) is 5.14. The van der Waals surface area contributed by atoms with E-state index in [9.17, 15) is 40.3 Å². The number of nitrogens with zero attached hydrogens (tertiary/aromatic N) is 3. The van der Waals surface area contributed by atoms with E-state index >= 15 is 0 Å². The van der Waals surface area contributed by atoms with Crippen molar-refractivity contribution in [2.45, 2.75) is 31.5 Å². The van der Waals surface area contributed by atoms with Crippen molar-refractivity contribution in [3.63, 3.8) is 0 Å². The van der Waals surface area contributed by atoms with Gasteiger partial charge in [0.05, 0.1) is 17.3 Å². The Hall–Kier alpha value is -4.09. The van der Waals surface area contributed by atoms with Crippen LogP contribution in [0.3, 0.4) is 0 Å². The fourth-order valence-corrected chi connectivity index (χ4v) is 3.44. The van der Waals surface area contributed by atoms with E-state index in [0.29, 0.717) is 12.1 Å². The van der Waals surface area contributed by atoms with Gasteiger partial charge in [-0.05, 0) is 36.8 Å². The van der Waals surface area contributed by atoms with Gasteiger partial charge in [-0.15, -0.1) is 13.2 Å². The smallest absolute Gasteiger partial charge is 0.403 e. The summed E-state index contributed by atoms with van der Waals surface area (Å²) in [6, 6.07) is 1.62. The summed E-state index contributed by atoms with van der Waals surface area (Å²) in [7, 11) is 0. The molecule has 2 aromatic rings. The van der Waals surface area contributed by atoms with Crippen LogP contribution in [0.25, 0.3) is 0 Å². The van der Waals surface area contributed by atoms with Crippen molar-refractivity contribution in [3.8, 4) is 11.8 Å². The van der Waals surface area contributed by atoms with Gasteiger partial charge in [0, 0.05) is 13.1 Å². The minimum Gasteiger partial charge on any atom is -0.403 e. The second-order valence-corrected chi connectivity index (χ2v) is 7.52. The molecule has 15 heteroatoms. The number of hydrogen-bond donors (Lipinski definition) is 2. The lowest BCUT2D eigenvalue weighted by atomic mass is 10.0. The number of pyridine rings is 1. The predicted octanol–water partition coefficient (Wildman–Crippen LogP) is 3.63. The third kappa shape index (κ3) is 5.93. The van der Waals surface area contributed by atoms with Crippen LogP contribution in [0, 0.1) is 17.1 Å². The van der Waals surface area contributed by atoms with Crippen molar-refractivity contribution in [1.29, 1.82) is 5.26 Å². The quantitative estimate of drug-likeness (QED) is 0.601. The summed E-state index contributed by atoms with van der Waals surface area (Å²) in [5.74, 6) is -3.22. The number of nitriles is 1. The third-order valence-electron chi connectivity index (χ3n) is 5.14. The van der Waals surface area contributed by atoms with E-state index in [0.717, 1.165) is 23.1 Å². The fourth-order valence-electron chi connectivity index (χ4n) is 3.44. The Morgan fingerprint density at radius 3 is 2.53 bits per heavy atom. The summed E-state index contributed by atoms with van der Waals surface area (Å²) in [4.78, 5) is 29.3. The number of carbonyl (C=O) groups excluding carboxylic acids is 2. The number of rotatable bonds is 4. The SMILES string of the molecule is C[C@@H]1C(=O)NCCN1C(=O)N[C@@H](c1ccc(OC(F)(F)F)c(F)c1)c1ccc(C#N)c(C(F)(F)F)n1. The van der Waals surface area contributed by atoms with Crippen molar-refractivity contribution in [2.75, 3.05) is 13.1 Å². The van der Waals surface area contributed by atoms with E-state index in [1.807, 2.05) is 0 Å². The summed E-state index contributed by atoms with van der Waals surface area (Å²) in [5, 5.41) is 13.9. The molecule has 0 unspecified atom stereocenters. The molecule has 0 saturated carbocycles. The maximum atomic E-state index is 14.4. The Bertz CT molecular complexity index is 1210. The molecule has 1 saturated heterocycles. The molecule has 192 valence electrons. The fraction of sp³-hybridized carbons (Fsp3) is 0.333. The van der Waals surface area contributed by atoms with Gasteiger partial charge in [0.1, 0.15) is 12.1 Å². The van der Waals surface area contributed by atoms with Crippen LogP contribution in [0.2, 0.25) is 0 Å². The average Bonchev–Trinajstić information content (AvgIpc) is 2.78. The number of amides is 3. The highest BCUT2D eigenvalue weighted by atomic mass is 19.4. The number of carbonyl (C=O) groups is 2. The van der Waals surface area contributed by atoms with Crippen LogP contribution in [0.5, 0.6) is 5.75 Å². The van der Waals surface area contributed by atoms with Crippen molar-refractivity contribution in [3.05, 3.63) is 58.7 Å². The first kappa shape index (κ1) is 26.5. The summed E-state index contributed by atoms with van der Waals surface area (Å²) in [6.45, 7) is 1.52. The average molecular weight is 519 g/mol. The second-order valence-electron chi connectivity index (χ2n) is 7.52. The largest absolute Gasteiger partial charge is 0.573 e. The van der Waals surface area contributed by atoms with Crippen molar-refractivity contribution < 1.29 is 45.1 Å². The Balaban J connectivity index is 2.07. The molecule has 0 bridgehead atoms. The number of nitrogens with one attached hydrogen (secondary N) is 2. The van der Waals surface area contributed by atoms with Gasteiger partial charge in [0.25, 0.3) is 0 Å². The molecule has 36 heavy (non-hydrogen) atoms. The van der Waals surface area contributed by atoms with Crippen molar-refractivity contribution in [2.24, 2.45) is 0 Å². The summed E-state index contributed by atoms with van der Waals surface area (Å²) in [6.07, 6.45) is -10.3. The summed E-state index contributed by atoms with van der Waals surface area (Å²) >= 11 is 0. The number of alkyl halides is 6. The Morgan fingerprint density at radius 2 is 1.94 bits per heavy atom. The molecule has 1 aliphatic heterocycles. The maximum absolute atomic E-state index is 14.4. The molecule has 1 aromatic heterocycles. The van der Waals surface area contributed by atoms with E-state index in [2.05, 4.69) is 20.4 Å². The number of aromatic nitrogens is 1. The predicted molar refractivity (Wildman–Crippen MR) is 107 cm³/mol. The Labute approximate surface area is 198 Å². The number of halogens is 7. The zero-order valence-corrected chi connectivity index (χ0v) is 18.2. The number of piperazine rings is 1. The molecule has 8 nitrogen and oxygen atoms in total. The van der Waals surface area contributed by atoms with Crippen LogP contribution < -0.4 is 15.4 Å². The van der Waals surface area contributed by atoms with Crippen molar-refractivity contribution >= 4 is 11.9 Å². The minimum absolute atomic E-state index is 0.0345. The number of hydrogen-bond acceptors (Lipinski definition) is 5. The molecule has 2 heterocycles. The molecule has 0 radical (unpaired) electrons. The molecule has 3 rings (SSSR count). The van der Waals surface area contributed by atoms with E-state index in [1.165, 1.54) is 13.0 Å². The van der Waals surface area contributed by atoms with Gasteiger partial charge in [0.15, 0.2) is 17.3 Å². The van der Waals surface area contributed by atoms with E-state index < -0.39 is 65.1 Å². The Morgan fingerprint density at radius 1 is 1.25 bits per heavy atom. The van der Waals surface area contributed by atoms with Crippen LogP contribution >= 0.6 is 0 Å². The molecule has 2 atom stereocenters. The lowest BCUT2D eigenvalue weighted by molar-refractivity contribution is -0.275. The topological polar surface area (TPSA) is 107 Å². The summed E-state index contributed by atoms with van der Waals surface area (Å²) < 4.78 is 95.8. The first-order chi connectivity index (χ1) is 16.7. The number of urea groups is 1. The molecule has 1 fully saturated rings. The van der Waals surface area contributed by atoms with Gasteiger partial charge in [0.2, 0.25) is 5.91 Å². The Kier molecular flexibility index (Phi) is 7.27. The van der Waals surface area contributed by atoms with Crippen LogP contribution in [-0.4, -0.2) is 47.3 Å². The van der Waals surface area contributed by atoms with Gasteiger partial charge in [-0.3, -0.25) is 4.79 Å². The maximum Gasteiger partial charge on any atom is 0.573 e. The standard InChI is InChI=1S/C21H16F7N5O3/c1-10-18(34)30-6-7-33(10)19(35)32-16(11-3-5-15(13(22)8-11)36-21(26,27)28)14-4-2-12(9-29)17(31-14)20(23,24)25/h2-5,8,10,16H,6-7H2,1H3,(H,30,34)(H,32,35)/t10-,16+/m1/s1. The normalized spacial score (nSPS) is 17.1. The highest BCUT2D eigenvalue weighted by molar-refractivity contribution is 5.88. The molecular weight excluding hydrogens is 503 g/mol. The molecule has 1 aliphatic rings. The number of benzene rings is 1. The lowest BCUT2D eigenvalue weighted by Gasteiger charge is -2.34. The van der Waals surface area contributed by atoms with Crippen LogP contribution in [0.4, 0.5) is 35.5 Å². The van der Waals surface area contributed by atoms with E-state index in [-0.39, 0.29) is 18.7 Å². The van der Waals surface area contributed by atoms with Gasteiger partial charge in [-0.2, -0.15) is 18.4 Å². The zero-order valence-electron chi connectivity index (χ0n) is 18.2. The van der Waals surface area contributed by atoms with Crippen molar-refractivity contribution in [1.82, 2.24) is 20.5 Å². The van der Waals surface area contributed by atoms with Crippen LogP contribution in [0.15, 0.2) is 30.3 Å². The lowest BCUT2D eigenvalue weighted by Crippen LogP contribution is -2.58. The van der Waals surface area contributed by atoms with E-state index in [1.54, 1.807) is 0 Å². The van der Waals surface area contributed by atoms with Crippen LogP contribution in [0.1, 0.15) is 35.5 Å². The first-order valence-electron chi connectivity index (χ1n) is 10.1. The molecule has 2 N–H and O–H groups in total. The highest BCUT2D eigenvalue weighted by Crippen LogP contribution is 2.34. The molecule has 0 spiro atoms. The zero-order chi connectivity index (χ0) is 26.8. The minimum atomic E-state index is -5.21. The number of ether oxygens (including phenoxy) is 1. The summed E-state index contributed by atoms with van der Waals surface area (Å²) in [5.41, 5.74) is -3.18. The highest BCUT2D eigenvalue weighted by Gasteiger charge is 2.38. The van der Waals surface area contributed by atoms with Gasteiger partial charge in [-0.1, -0.05) is 6.07 Å². The first-order valence-corrected chi connectivity index (χ1v) is 10.1. The van der Waals surface area contributed by atoms with Gasteiger partial charge in [-0.25, -0.2) is 14.2 Å². The molecule has 1 aromatic carbocycles. The second kappa shape index (κ2) is 9.88. The molecule has 0 aliphatic carbocycles. The van der Waals surface area contributed by atoms with Gasteiger partial charge >= 0.3 is 18.6 Å².